The molecule has 0 spiro atoms. The van der Waals surface area contributed by atoms with Crippen LogP contribution in [0.1, 0.15) is 25.7 Å². The Labute approximate surface area is 55.4 Å². The predicted molar refractivity (Wildman–Crippen MR) is 36.9 cm³/mol. The van der Waals surface area contributed by atoms with Crippen molar-refractivity contribution >= 4 is 8.25 Å². The molecule has 0 bridgehead atoms. The number of hydrogen-bond acceptors (Lipinski definition) is 2. The molecule has 0 aromatic rings. The summed E-state index contributed by atoms with van der Waals surface area (Å²) in [5.74, 6) is 0. The van der Waals surface area contributed by atoms with Crippen LogP contribution in [0.25, 0.3) is 0 Å². The second kappa shape index (κ2) is 8.11. The van der Waals surface area contributed by atoms with Crippen molar-refractivity contribution in [3.63, 3.8) is 0 Å². The molecule has 1 aliphatic rings. The van der Waals surface area contributed by atoms with E-state index in [1.54, 1.807) is 0 Å². The lowest BCUT2D eigenvalue weighted by Gasteiger charge is -2.05. The second-order valence-corrected chi connectivity index (χ2v) is 2.26. The van der Waals surface area contributed by atoms with Gasteiger partial charge in [-0.3, -0.25) is 4.57 Å². The quantitative estimate of drug-likeness (QED) is 0.456. The zero-order valence-electron chi connectivity index (χ0n) is 5.34. The molecule has 58 valence electrons. The number of rotatable bonds is 0. The van der Waals surface area contributed by atoms with Crippen molar-refractivity contribution in [2.75, 3.05) is 0 Å². The fraction of sp³-hybridized carbons (Fsp3) is 1.00. The van der Waals surface area contributed by atoms with Gasteiger partial charge in [0.25, 0.3) is 0 Å². The van der Waals surface area contributed by atoms with Crippen LogP contribution >= 0.6 is 8.25 Å². The third-order valence-corrected chi connectivity index (χ3v) is 1.000. The van der Waals surface area contributed by atoms with Gasteiger partial charge in [0.2, 0.25) is 0 Å². The Kier molecular flexibility index (Phi) is 10.7. The summed E-state index contributed by atoms with van der Waals surface area (Å²) >= 11 is 0. The molecule has 0 aromatic heterocycles. The molecule has 9 heavy (non-hydrogen) atoms. The van der Waals surface area contributed by atoms with E-state index < -0.39 is 8.25 Å². The molecular formula is C4H14NO3P. The molecule has 0 aromatic carbocycles. The monoisotopic (exact) mass is 155 g/mol. The van der Waals surface area contributed by atoms with Crippen LogP contribution in [0.2, 0.25) is 0 Å². The first-order chi connectivity index (χ1) is 3.73. The zero-order valence-corrected chi connectivity index (χ0v) is 6.34. The summed E-state index contributed by atoms with van der Waals surface area (Å²) < 4.78 is 8.74. The minimum Gasteiger partial charge on any atom is -0.344 e. The zero-order chi connectivity index (χ0) is 6.41. The molecule has 0 radical (unpaired) electrons. The summed E-state index contributed by atoms with van der Waals surface area (Å²) in [5.41, 5.74) is 0. The molecule has 1 saturated carbocycles. The van der Waals surface area contributed by atoms with Crippen molar-refractivity contribution in [1.82, 2.24) is 6.15 Å². The predicted octanol–water partition coefficient (Wildman–Crippen LogP) is 1.08. The van der Waals surface area contributed by atoms with Gasteiger partial charge in [-0.2, -0.15) is 0 Å². The Morgan fingerprint density at radius 1 is 1.00 bits per heavy atom. The third kappa shape index (κ3) is 17.9. The molecule has 0 saturated heterocycles. The van der Waals surface area contributed by atoms with E-state index in [-0.39, 0.29) is 6.15 Å². The van der Waals surface area contributed by atoms with E-state index in [0.717, 1.165) is 0 Å². The van der Waals surface area contributed by atoms with Crippen molar-refractivity contribution in [3.8, 4) is 0 Å². The van der Waals surface area contributed by atoms with Crippen LogP contribution in [-0.4, -0.2) is 9.79 Å². The highest BCUT2D eigenvalue weighted by molar-refractivity contribution is 7.30. The number of hydrogen-bond donors (Lipinski definition) is 3. The van der Waals surface area contributed by atoms with Gasteiger partial charge >= 0.3 is 8.25 Å². The molecule has 5 N–H and O–H groups in total. The maximum atomic E-state index is 8.74. The normalized spacial score (nSPS) is 14.6. The van der Waals surface area contributed by atoms with Gasteiger partial charge in [0.15, 0.2) is 0 Å². The molecular weight excluding hydrogens is 141 g/mol. The first-order valence-electron chi connectivity index (χ1n) is 2.65. The fourth-order valence-electron chi connectivity index (χ4n) is 0.250. The second-order valence-electron chi connectivity index (χ2n) is 1.70. The Morgan fingerprint density at radius 2 is 1.11 bits per heavy atom. The van der Waals surface area contributed by atoms with E-state index in [2.05, 4.69) is 0 Å². The van der Waals surface area contributed by atoms with Crippen LogP contribution < -0.4 is 6.15 Å². The maximum Gasteiger partial charge on any atom is 0.314 e. The minimum atomic E-state index is -3.13. The SMILES string of the molecule is C1CCC1.N.O=[PH](O)O. The summed E-state index contributed by atoms with van der Waals surface area (Å²) in [7, 11) is -3.13. The summed E-state index contributed by atoms with van der Waals surface area (Å²) in [6, 6.07) is 0. The average Bonchev–Trinajstić information content (AvgIpc) is 1.19. The first kappa shape index (κ1) is 11.9. The van der Waals surface area contributed by atoms with Gasteiger partial charge in [0.1, 0.15) is 0 Å². The molecule has 1 rings (SSSR count). The minimum absolute atomic E-state index is 0. The summed E-state index contributed by atoms with van der Waals surface area (Å²) in [4.78, 5) is 14.3. The van der Waals surface area contributed by atoms with Gasteiger partial charge in [-0.15, -0.1) is 0 Å². The van der Waals surface area contributed by atoms with Gasteiger partial charge in [-0.05, 0) is 0 Å². The van der Waals surface area contributed by atoms with Crippen LogP contribution in [0.15, 0.2) is 0 Å². The summed E-state index contributed by atoms with van der Waals surface area (Å²) in [6.45, 7) is 0. The maximum absolute atomic E-state index is 8.74. The highest BCUT2D eigenvalue weighted by atomic mass is 31.1. The van der Waals surface area contributed by atoms with Crippen LogP contribution in [0.3, 0.4) is 0 Å². The van der Waals surface area contributed by atoms with Crippen molar-refractivity contribution in [1.29, 1.82) is 0 Å². The van der Waals surface area contributed by atoms with Crippen molar-refractivity contribution in [3.05, 3.63) is 0 Å². The molecule has 1 aliphatic carbocycles. The van der Waals surface area contributed by atoms with E-state index >= 15 is 0 Å². The molecule has 1 fully saturated rings. The fourth-order valence-corrected chi connectivity index (χ4v) is 0.250. The molecule has 0 amide bonds. The largest absolute Gasteiger partial charge is 0.344 e. The van der Waals surface area contributed by atoms with Gasteiger partial charge in [-0.25, -0.2) is 0 Å². The lowest BCUT2D eigenvalue weighted by Crippen LogP contribution is -1.85. The van der Waals surface area contributed by atoms with Crippen molar-refractivity contribution in [2.24, 2.45) is 0 Å². The molecule has 5 heteroatoms. The van der Waals surface area contributed by atoms with Gasteiger partial charge < -0.3 is 15.9 Å². The van der Waals surface area contributed by atoms with Crippen LogP contribution in [0.4, 0.5) is 0 Å². The topological polar surface area (TPSA) is 92.5 Å². The smallest absolute Gasteiger partial charge is 0.314 e. The Hall–Kier alpha value is 0.110. The van der Waals surface area contributed by atoms with Crippen molar-refractivity contribution < 1.29 is 14.4 Å². The molecule has 4 nitrogen and oxygen atoms in total. The van der Waals surface area contributed by atoms with Crippen LogP contribution in [0, 0.1) is 0 Å². The summed E-state index contributed by atoms with van der Waals surface area (Å²) in [5, 5.41) is 0. The highest BCUT2D eigenvalue weighted by Crippen LogP contribution is 2.15. The van der Waals surface area contributed by atoms with E-state index in [1.807, 2.05) is 0 Å². The Morgan fingerprint density at radius 3 is 1.11 bits per heavy atom. The van der Waals surface area contributed by atoms with Crippen LogP contribution in [0.5, 0.6) is 0 Å². The Balaban J connectivity index is 0. The van der Waals surface area contributed by atoms with E-state index in [4.69, 9.17) is 14.4 Å². The molecule has 0 atom stereocenters. The van der Waals surface area contributed by atoms with Gasteiger partial charge in [-0.1, -0.05) is 25.7 Å². The third-order valence-electron chi connectivity index (χ3n) is 1.000. The summed E-state index contributed by atoms with van der Waals surface area (Å²) in [6.07, 6.45) is 6.00. The van der Waals surface area contributed by atoms with Gasteiger partial charge in [0.05, 0.1) is 0 Å². The lowest BCUT2D eigenvalue weighted by molar-refractivity contribution is 0.405. The Bertz CT molecular complexity index is 66.2. The van der Waals surface area contributed by atoms with Crippen molar-refractivity contribution in [2.45, 2.75) is 25.7 Å². The standard InChI is InChI=1S/C4H8.H3N.H3O3P/c1-2-4-3-1;;1-4(2)3/h1-4H2;1H3;4H,(H2,1,2,3). The first-order valence-corrected chi connectivity index (χ1v) is 3.95. The lowest BCUT2D eigenvalue weighted by atomic mass is 10.0. The van der Waals surface area contributed by atoms with E-state index in [9.17, 15) is 0 Å². The molecule has 0 unspecified atom stereocenters. The van der Waals surface area contributed by atoms with E-state index in [1.165, 1.54) is 25.7 Å². The van der Waals surface area contributed by atoms with Crippen LogP contribution in [-0.2, 0) is 4.57 Å². The average molecular weight is 155 g/mol. The highest BCUT2D eigenvalue weighted by Gasteiger charge is 1.95. The van der Waals surface area contributed by atoms with Gasteiger partial charge in [0, 0.05) is 0 Å². The molecule has 0 aliphatic heterocycles. The molecule has 0 heterocycles. The van der Waals surface area contributed by atoms with E-state index in [0.29, 0.717) is 0 Å².